The summed E-state index contributed by atoms with van der Waals surface area (Å²) in [4.78, 5) is 12.2. The van der Waals surface area contributed by atoms with Crippen LogP contribution in [-0.4, -0.2) is 15.7 Å². The topological polar surface area (TPSA) is 46.9 Å². The van der Waals surface area contributed by atoms with Gasteiger partial charge in [-0.2, -0.15) is 5.10 Å². The molecule has 4 nitrogen and oxygen atoms in total. The van der Waals surface area contributed by atoms with Crippen molar-refractivity contribution in [2.45, 2.75) is 0 Å². The fraction of sp³-hybridized carbons (Fsp3) is 0.0588. The van der Waals surface area contributed by atoms with E-state index in [1.165, 1.54) is 13.1 Å². The van der Waals surface area contributed by atoms with E-state index < -0.39 is 34.9 Å². The summed E-state index contributed by atoms with van der Waals surface area (Å²) in [5.41, 5.74) is -1.22. The highest BCUT2D eigenvalue weighted by molar-refractivity contribution is 6.03. The highest BCUT2D eigenvalue weighted by Gasteiger charge is 2.20. The Hall–Kier alpha value is -3.16. The number of anilines is 1. The first-order chi connectivity index (χ1) is 11.9. The molecule has 2 aromatic carbocycles. The lowest BCUT2D eigenvalue weighted by Crippen LogP contribution is -2.15. The van der Waals surface area contributed by atoms with Crippen LogP contribution in [0, 0.1) is 23.3 Å². The summed E-state index contributed by atoms with van der Waals surface area (Å²) in [5, 5.41) is 5.91. The number of rotatable bonds is 3. The lowest BCUT2D eigenvalue weighted by atomic mass is 10.1. The standard InChI is InChI=1S/C17H11F4N3O/c1-24-14(15-9(18)4-2-5-10(15)19)8-13(23-24)17(25)22-16-11(20)6-3-7-12(16)21/h2-8H,1H3,(H,22,25). The second-order valence-corrected chi connectivity index (χ2v) is 5.19. The van der Waals surface area contributed by atoms with Crippen LogP contribution in [0.25, 0.3) is 11.3 Å². The van der Waals surface area contributed by atoms with Crippen molar-refractivity contribution in [1.29, 1.82) is 0 Å². The molecule has 0 radical (unpaired) electrons. The Morgan fingerprint density at radius 2 is 1.48 bits per heavy atom. The summed E-state index contributed by atoms with van der Waals surface area (Å²) in [6, 6.07) is 7.60. The molecule has 1 heterocycles. The van der Waals surface area contributed by atoms with Gasteiger partial charge in [-0.05, 0) is 30.3 Å². The summed E-state index contributed by atoms with van der Waals surface area (Å²) in [7, 11) is 1.39. The van der Waals surface area contributed by atoms with Crippen LogP contribution in [0.4, 0.5) is 23.2 Å². The van der Waals surface area contributed by atoms with Gasteiger partial charge in [-0.15, -0.1) is 0 Å². The van der Waals surface area contributed by atoms with Crippen LogP contribution in [0.2, 0.25) is 0 Å². The van der Waals surface area contributed by atoms with Crippen molar-refractivity contribution >= 4 is 11.6 Å². The number of carbonyl (C=O) groups excluding carboxylic acids is 1. The van der Waals surface area contributed by atoms with Crippen molar-refractivity contribution < 1.29 is 22.4 Å². The quantitative estimate of drug-likeness (QED) is 0.729. The molecule has 1 amide bonds. The molecule has 0 aliphatic rings. The average molecular weight is 349 g/mol. The molecule has 0 fully saturated rings. The van der Waals surface area contributed by atoms with Crippen LogP contribution < -0.4 is 5.32 Å². The molecule has 0 saturated heterocycles. The Balaban J connectivity index is 1.96. The van der Waals surface area contributed by atoms with Crippen LogP contribution in [0.15, 0.2) is 42.5 Å². The zero-order chi connectivity index (χ0) is 18.1. The number of hydrogen-bond acceptors (Lipinski definition) is 2. The fourth-order valence-electron chi connectivity index (χ4n) is 2.35. The van der Waals surface area contributed by atoms with Gasteiger partial charge < -0.3 is 5.32 Å². The van der Waals surface area contributed by atoms with E-state index in [4.69, 9.17) is 0 Å². The van der Waals surface area contributed by atoms with Crippen molar-refractivity contribution in [2.24, 2.45) is 7.05 Å². The summed E-state index contributed by atoms with van der Waals surface area (Å²) < 4.78 is 56.1. The van der Waals surface area contributed by atoms with Gasteiger partial charge in [-0.25, -0.2) is 17.6 Å². The van der Waals surface area contributed by atoms with E-state index in [1.54, 1.807) is 0 Å². The Labute approximate surface area is 139 Å². The maximum Gasteiger partial charge on any atom is 0.276 e. The minimum absolute atomic E-state index is 0.00903. The van der Waals surface area contributed by atoms with Crippen molar-refractivity contribution in [3.05, 3.63) is 71.4 Å². The van der Waals surface area contributed by atoms with Crippen LogP contribution in [0.1, 0.15) is 10.5 Å². The number of aryl methyl sites for hydroxylation is 1. The number of nitrogens with one attached hydrogen (secondary N) is 1. The molecule has 1 aromatic heterocycles. The van der Waals surface area contributed by atoms with Crippen molar-refractivity contribution in [1.82, 2.24) is 9.78 Å². The van der Waals surface area contributed by atoms with Crippen LogP contribution >= 0.6 is 0 Å². The largest absolute Gasteiger partial charge is 0.316 e. The molecular formula is C17H11F4N3O. The molecule has 0 aliphatic heterocycles. The predicted molar refractivity (Wildman–Crippen MR) is 82.9 cm³/mol. The number of amides is 1. The van der Waals surface area contributed by atoms with Gasteiger partial charge in [0.15, 0.2) is 5.69 Å². The minimum atomic E-state index is -0.954. The Bertz CT molecular complexity index is 928. The van der Waals surface area contributed by atoms with Gasteiger partial charge in [0.25, 0.3) is 5.91 Å². The summed E-state index contributed by atoms with van der Waals surface area (Å²) >= 11 is 0. The Morgan fingerprint density at radius 1 is 0.960 bits per heavy atom. The summed E-state index contributed by atoms with van der Waals surface area (Å²) in [6.07, 6.45) is 0. The van der Waals surface area contributed by atoms with E-state index in [0.29, 0.717) is 0 Å². The first-order valence-corrected chi connectivity index (χ1v) is 7.12. The normalized spacial score (nSPS) is 10.8. The second kappa shape index (κ2) is 6.39. The zero-order valence-corrected chi connectivity index (χ0v) is 12.9. The molecule has 0 spiro atoms. The van der Waals surface area contributed by atoms with Crippen molar-refractivity contribution in [2.75, 3.05) is 5.32 Å². The molecule has 25 heavy (non-hydrogen) atoms. The van der Waals surface area contributed by atoms with Crippen LogP contribution in [0.3, 0.4) is 0 Å². The number of aromatic nitrogens is 2. The number of nitrogens with zero attached hydrogens (tertiary/aromatic N) is 2. The first kappa shape index (κ1) is 16.7. The van der Waals surface area contributed by atoms with Crippen LogP contribution in [-0.2, 0) is 7.05 Å². The van der Waals surface area contributed by atoms with E-state index >= 15 is 0 Å². The first-order valence-electron chi connectivity index (χ1n) is 7.12. The van der Waals surface area contributed by atoms with Gasteiger partial charge >= 0.3 is 0 Å². The van der Waals surface area contributed by atoms with E-state index in [-0.39, 0.29) is 17.0 Å². The molecule has 0 unspecified atom stereocenters. The molecule has 0 aliphatic carbocycles. The van der Waals surface area contributed by atoms with Gasteiger partial charge in [0.1, 0.15) is 29.0 Å². The van der Waals surface area contributed by atoms with E-state index in [1.807, 2.05) is 0 Å². The van der Waals surface area contributed by atoms with Crippen molar-refractivity contribution in [3.63, 3.8) is 0 Å². The van der Waals surface area contributed by atoms with Crippen molar-refractivity contribution in [3.8, 4) is 11.3 Å². The van der Waals surface area contributed by atoms with E-state index in [9.17, 15) is 22.4 Å². The SMILES string of the molecule is Cn1nc(C(=O)Nc2c(F)cccc2F)cc1-c1c(F)cccc1F. The zero-order valence-electron chi connectivity index (χ0n) is 12.9. The molecule has 3 aromatic rings. The minimum Gasteiger partial charge on any atom is -0.316 e. The lowest BCUT2D eigenvalue weighted by molar-refractivity contribution is 0.102. The molecule has 8 heteroatoms. The monoisotopic (exact) mass is 349 g/mol. The average Bonchev–Trinajstić information content (AvgIpc) is 2.93. The highest BCUT2D eigenvalue weighted by atomic mass is 19.1. The molecule has 0 saturated carbocycles. The van der Waals surface area contributed by atoms with E-state index in [0.717, 1.165) is 41.1 Å². The number of para-hydroxylation sites is 1. The van der Waals surface area contributed by atoms with Crippen LogP contribution in [0.5, 0.6) is 0 Å². The highest BCUT2D eigenvalue weighted by Crippen LogP contribution is 2.27. The third kappa shape index (κ3) is 3.10. The molecule has 128 valence electrons. The second-order valence-electron chi connectivity index (χ2n) is 5.19. The molecule has 0 bridgehead atoms. The van der Waals surface area contributed by atoms with Gasteiger partial charge in [-0.1, -0.05) is 12.1 Å². The number of hydrogen-bond donors (Lipinski definition) is 1. The Kier molecular flexibility index (Phi) is 4.26. The van der Waals surface area contributed by atoms with Gasteiger partial charge in [0, 0.05) is 7.05 Å². The van der Waals surface area contributed by atoms with Gasteiger partial charge in [-0.3, -0.25) is 9.48 Å². The summed E-state index contributed by atoms with van der Waals surface area (Å²) in [6.45, 7) is 0. The summed E-state index contributed by atoms with van der Waals surface area (Å²) in [5.74, 6) is -4.47. The Morgan fingerprint density at radius 3 is 2.04 bits per heavy atom. The third-order valence-corrected chi connectivity index (χ3v) is 3.53. The number of carbonyl (C=O) groups is 1. The molecular weight excluding hydrogens is 338 g/mol. The predicted octanol–water partition coefficient (Wildman–Crippen LogP) is 3.90. The van der Waals surface area contributed by atoms with E-state index in [2.05, 4.69) is 10.4 Å². The molecule has 1 N–H and O–H groups in total. The number of halogens is 4. The third-order valence-electron chi connectivity index (χ3n) is 3.53. The molecule has 3 rings (SSSR count). The number of benzene rings is 2. The van der Waals surface area contributed by atoms with Gasteiger partial charge in [0.2, 0.25) is 0 Å². The maximum absolute atomic E-state index is 13.9. The molecule has 0 atom stereocenters. The fourth-order valence-corrected chi connectivity index (χ4v) is 2.35. The van der Waals surface area contributed by atoms with Gasteiger partial charge in [0.05, 0.1) is 11.3 Å². The lowest BCUT2D eigenvalue weighted by Gasteiger charge is -2.05. The smallest absolute Gasteiger partial charge is 0.276 e. The maximum atomic E-state index is 13.9.